The van der Waals surface area contributed by atoms with Crippen LogP contribution in [0.15, 0.2) is 36.4 Å². The minimum Gasteiger partial charge on any atom is -0.508 e. The third-order valence-corrected chi connectivity index (χ3v) is 6.04. The Morgan fingerprint density at radius 2 is 1.13 bits per heavy atom. The first-order valence-electron chi connectivity index (χ1n) is 12.0. The lowest BCUT2D eigenvalue weighted by Crippen LogP contribution is -2.20. The van der Waals surface area contributed by atoms with E-state index in [9.17, 15) is 5.11 Å². The normalized spacial score (nSPS) is 12.4. The highest BCUT2D eigenvalue weighted by molar-refractivity contribution is 5.75. The summed E-state index contributed by atoms with van der Waals surface area (Å²) in [4.78, 5) is 0. The molecule has 0 aliphatic rings. The Morgan fingerprint density at radius 1 is 0.667 bits per heavy atom. The number of aromatic hydroxyl groups is 1. The summed E-state index contributed by atoms with van der Waals surface area (Å²) in [7, 11) is 0. The molecule has 1 N–H and O–H groups in total. The van der Waals surface area contributed by atoms with Crippen LogP contribution < -0.4 is 0 Å². The number of rotatable bonds is 9. The molecule has 0 aliphatic heterocycles. The first kappa shape index (κ1) is 24.5. The van der Waals surface area contributed by atoms with Crippen molar-refractivity contribution >= 4 is 0 Å². The van der Waals surface area contributed by atoms with E-state index in [1.807, 2.05) is 0 Å². The van der Waals surface area contributed by atoms with Crippen LogP contribution in [-0.2, 0) is 17.3 Å². The molecule has 2 aromatic rings. The third-order valence-electron chi connectivity index (χ3n) is 6.04. The molecule has 0 amide bonds. The van der Waals surface area contributed by atoms with Crippen molar-refractivity contribution in [3.05, 3.63) is 53.1 Å². The summed E-state index contributed by atoms with van der Waals surface area (Å²) < 4.78 is 0. The predicted molar refractivity (Wildman–Crippen MR) is 133 cm³/mol. The average Bonchev–Trinajstić information content (AvgIpc) is 2.66. The fraction of sp³-hybridized carbons (Fsp3) is 0.586. The van der Waals surface area contributed by atoms with E-state index < -0.39 is 0 Å². The van der Waals surface area contributed by atoms with Gasteiger partial charge in [-0.25, -0.2) is 0 Å². The van der Waals surface area contributed by atoms with Crippen molar-refractivity contribution in [2.75, 3.05) is 0 Å². The van der Waals surface area contributed by atoms with Crippen LogP contribution in [0.5, 0.6) is 5.75 Å². The molecule has 0 atom stereocenters. The minimum atomic E-state index is 0.0589. The van der Waals surface area contributed by atoms with Gasteiger partial charge in [-0.1, -0.05) is 111 Å². The van der Waals surface area contributed by atoms with E-state index in [-0.39, 0.29) is 10.8 Å². The first-order valence-corrected chi connectivity index (χ1v) is 12.0. The van der Waals surface area contributed by atoms with E-state index in [1.165, 1.54) is 72.8 Å². The number of phenols is 1. The van der Waals surface area contributed by atoms with Gasteiger partial charge in [-0.2, -0.15) is 0 Å². The molecular weight excluding hydrogens is 364 g/mol. The van der Waals surface area contributed by atoms with Crippen molar-refractivity contribution in [1.29, 1.82) is 0 Å². The van der Waals surface area contributed by atoms with Crippen LogP contribution in [0, 0.1) is 0 Å². The lowest BCUT2D eigenvalue weighted by atomic mass is 9.73. The molecule has 0 unspecified atom stereocenters. The molecule has 1 heteroatoms. The second kappa shape index (κ2) is 10.5. The van der Waals surface area contributed by atoms with Crippen LogP contribution in [0.1, 0.15) is 110 Å². The molecule has 0 spiro atoms. The van der Waals surface area contributed by atoms with Crippen molar-refractivity contribution in [2.24, 2.45) is 0 Å². The summed E-state index contributed by atoms with van der Waals surface area (Å²) in [6.07, 6.45) is 10.6. The fourth-order valence-electron chi connectivity index (χ4n) is 4.25. The van der Waals surface area contributed by atoms with Crippen LogP contribution in [0.4, 0.5) is 0 Å². The van der Waals surface area contributed by atoms with Gasteiger partial charge in [-0.3, -0.25) is 0 Å². The standard InChI is InChI=1S/C29H44O/c1-8-9-10-11-12-13-14-15-22-20-25(28(2,3)4)27(26(21-22)29(5,6)7)23-16-18-24(30)19-17-23/h16-21,30H,8-15H2,1-7H3. The molecule has 0 fully saturated rings. The lowest BCUT2D eigenvalue weighted by molar-refractivity contribution is 0.475. The van der Waals surface area contributed by atoms with Crippen molar-refractivity contribution in [2.45, 2.75) is 111 Å². The van der Waals surface area contributed by atoms with E-state index in [4.69, 9.17) is 0 Å². The second-order valence-corrected chi connectivity index (χ2v) is 11.0. The molecule has 0 aromatic heterocycles. The summed E-state index contributed by atoms with van der Waals surface area (Å²) >= 11 is 0. The SMILES string of the molecule is CCCCCCCCCc1cc(C(C)(C)C)c(-c2ccc(O)cc2)c(C(C)(C)C)c1. The van der Waals surface area contributed by atoms with E-state index >= 15 is 0 Å². The van der Waals surface area contributed by atoms with E-state index in [0.29, 0.717) is 5.75 Å². The topological polar surface area (TPSA) is 20.2 Å². The maximum Gasteiger partial charge on any atom is 0.115 e. The van der Waals surface area contributed by atoms with Crippen molar-refractivity contribution < 1.29 is 5.11 Å². The van der Waals surface area contributed by atoms with Crippen LogP contribution in [0.3, 0.4) is 0 Å². The summed E-state index contributed by atoms with van der Waals surface area (Å²) in [6.45, 7) is 16.2. The molecule has 0 saturated carbocycles. The van der Waals surface area contributed by atoms with Crippen LogP contribution >= 0.6 is 0 Å². The average molecular weight is 409 g/mol. The molecule has 166 valence electrons. The summed E-state index contributed by atoms with van der Waals surface area (Å²) in [6, 6.07) is 12.6. The smallest absolute Gasteiger partial charge is 0.115 e. The highest BCUT2D eigenvalue weighted by atomic mass is 16.3. The van der Waals surface area contributed by atoms with Crippen molar-refractivity contribution in [1.82, 2.24) is 0 Å². The monoisotopic (exact) mass is 408 g/mol. The zero-order chi connectivity index (χ0) is 22.4. The van der Waals surface area contributed by atoms with Gasteiger partial charge < -0.3 is 5.11 Å². The fourth-order valence-corrected chi connectivity index (χ4v) is 4.25. The van der Waals surface area contributed by atoms with E-state index in [2.05, 4.69) is 72.7 Å². The quantitative estimate of drug-likeness (QED) is 0.410. The Labute approximate surface area is 185 Å². The van der Waals surface area contributed by atoms with Gasteiger partial charge in [0.25, 0.3) is 0 Å². The summed E-state index contributed by atoms with van der Waals surface area (Å²) in [5.41, 5.74) is 6.97. The Balaban J connectivity index is 2.37. The Morgan fingerprint density at radius 3 is 1.60 bits per heavy atom. The minimum absolute atomic E-state index is 0.0589. The van der Waals surface area contributed by atoms with Gasteiger partial charge in [-0.15, -0.1) is 0 Å². The Kier molecular flexibility index (Phi) is 8.59. The largest absolute Gasteiger partial charge is 0.508 e. The van der Waals surface area contributed by atoms with Crippen LogP contribution in [0.2, 0.25) is 0 Å². The van der Waals surface area contributed by atoms with Gasteiger partial charge in [-0.05, 0) is 63.6 Å². The van der Waals surface area contributed by atoms with Crippen molar-refractivity contribution in [3.8, 4) is 16.9 Å². The molecule has 2 rings (SSSR count). The zero-order valence-corrected chi connectivity index (χ0v) is 20.6. The maximum atomic E-state index is 9.79. The number of aryl methyl sites for hydroxylation is 1. The molecule has 0 saturated heterocycles. The highest BCUT2D eigenvalue weighted by Gasteiger charge is 2.27. The van der Waals surface area contributed by atoms with Gasteiger partial charge in [0, 0.05) is 0 Å². The number of benzene rings is 2. The summed E-state index contributed by atoms with van der Waals surface area (Å²) in [5, 5.41) is 9.79. The molecule has 0 heterocycles. The molecule has 0 bridgehead atoms. The molecular formula is C29H44O. The van der Waals surface area contributed by atoms with E-state index in [1.54, 1.807) is 12.1 Å². The van der Waals surface area contributed by atoms with Crippen LogP contribution in [-0.4, -0.2) is 5.11 Å². The number of hydrogen-bond acceptors (Lipinski definition) is 1. The molecule has 0 aliphatic carbocycles. The number of unbranched alkanes of at least 4 members (excludes halogenated alkanes) is 6. The third kappa shape index (κ3) is 6.89. The molecule has 0 radical (unpaired) electrons. The van der Waals surface area contributed by atoms with Crippen LogP contribution in [0.25, 0.3) is 11.1 Å². The summed E-state index contributed by atoms with van der Waals surface area (Å²) in [5.74, 6) is 0.323. The number of phenolic OH excluding ortho intramolecular Hbond substituents is 1. The predicted octanol–water partition coefficient (Wildman–Crippen LogP) is 8.95. The van der Waals surface area contributed by atoms with Gasteiger partial charge in [0.15, 0.2) is 0 Å². The number of hydrogen-bond donors (Lipinski definition) is 1. The Bertz CT molecular complexity index is 750. The second-order valence-electron chi connectivity index (χ2n) is 11.0. The molecule has 1 nitrogen and oxygen atoms in total. The zero-order valence-electron chi connectivity index (χ0n) is 20.6. The van der Waals surface area contributed by atoms with E-state index in [0.717, 1.165) is 6.42 Å². The van der Waals surface area contributed by atoms with Gasteiger partial charge in [0.2, 0.25) is 0 Å². The van der Waals surface area contributed by atoms with Gasteiger partial charge in [0.1, 0.15) is 5.75 Å². The maximum absolute atomic E-state index is 9.79. The van der Waals surface area contributed by atoms with Gasteiger partial charge in [0.05, 0.1) is 0 Å². The Hall–Kier alpha value is -1.76. The molecule has 30 heavy (non-hydrogen) atoms. The van der Waals surface area contributed by atoms with Gasteiger partial charge >= 0.3 is 0 Å². The first-order chi connectivity index (χ1) is 14.0. The molecule has 2 aromatic carbocycles. The lowest BCUT2D eigenvalue weighted by Gasteiger charge is -2.31. The highest BCUT2D eigenvalue weighted by Crippen LogP contribution is 2.42. The van der Waals surface area contributed by atoms with Crippen molar-refractivity contribution in [3.63, 3.8) is 0 Å².